The molecule has 0 aliphatic rings. The predicted octanol–water partition coefficient (Wildman–Crippen LogP) is 3.54. The summed E-state index contributed by atoms with van der Waals surface area (Å²) in [5.74, 6) is 1.19. The first-order valence-corrected chi connectivity index (χ1v) is 9.20. The lowest BCUT2D eigenvalue weighted by Crippen LogP contribution is -2.19. The van der Waals surface area contributed by atoms with Crippen molar-refractivity contribution in [1.29, 1.82) is 0 Å². The van der Waals surface area contributed by atoms with Gasteiger partial charge in [-0.3, -0.25) is 14.9 Å². The number of thioether (sulfide) groups is 1. The van der Waals surface area contributed by atoms with Gasteiger partial charge in [0.1, 0.15) is 12.4 Å². The van der Waals surface area contributed by atoms with Crippen molar-refractivity contribution >= 4 is 29.6 Å². The third kappa shape index (κ3) is 7.33. The van der Waals surface area contributed by atoms with Gasteiger partial charge < -0.3 is 4.74 Å². The highest BCUT2D eigenvalue weighted by Gasteiger charge is 2.06. The van der Waals surface area contributed by atoms with Crippen LogP contribution in [0.3, 0.4) is 0 Å². The molecule has 0 saturated carbocycles. The van der Waals surface area contributed by atoms with Gasteiger partial charge in [-0.25, -0.2) is 5.43 Å². The maximum atomic E-state index is 11.8. The molecule has 8 heteroatoms. The third-order valence-electron chi connectivity index (χ3n) is 3.27. The SMILES string of the molecule is C=CCOc1ccc(/C=N\NC(=O)CSCc2cccc([N+](=O)[O-])c2)cc1. The molecule has 0 aliphatic carbocycles. The minimum absolute atomic E-state index is 0.0445. The Balaban J connectivity index is 1.72. The Kier molecular flexibility index (Phi) is 8.05. The number of rotatable bonds is 10. The molecular weight excluding hydrogens is 366 g/mol. The topological polar surface area (TPSA) is 93.8 Å². The van der Waals surface area contributed by atoms with E-state index in [-0.39, 0.29) is 17.3 Å². The largest absolute Gasteiger partial charge is 0.490 e. The van der Waals surface area contributed by atoms with Crippen LogP contribution in [0.1, 0.15) is 11.1 Å². The van der Waals surface area contributed by atoms with Crippen LogP contribution >= 0.6 is 11.8 Å². The molecule has 0 aromatic heterocycles. The van der Waals surface area contributed by atoms with E-state index in [0.717, 1.165) is 16.9 Å². The fourth-order valence-electron chi connectivity index (χ4n) is 2.04. The third-order valence-corrected chi connectivity index (χ3v) is 4.28. The van der Waals surface area contributed by atoms with Crippen LogP contribution in [-0.4, -0.2) is 29.4 Å². The monoisotopic (exact) mass is 385 g/mol. The summed E-state index contributed by atoms with van der Waals surface area (Å²) in [4.78, 5) is 22.1. The van der Waals surface area contributed by atoms with Crippen molar-refractivity contribution in [2.75, 3.05) is 12.4 Å². The summed E-state index contributed by atoms with van der Waals surface area (Å²) in [6.07, 6.45) is 3.21. The minimum Gasteiger partial charge on any atom is -0.490 e. The van der Waals surface area contributed by atoms with Crippen LogP contribution in [0, 0.1) is 10.1 Å². The molecule has 0 atom stereocenters. The average Bonchev–Trinajstić information content (AvgIpc) is 2.67. The summed E-state index contributed by atoms with van der Waals surface area (Å²) in [7, 11) is 0. The lowest BCUT2D eigenvalue weighted by molar-refractivity contribution is -0.384. The van der Waals surface area contributed by atoms with Gasteiger partial charge >= 0.3 is 0 Å². The van der Waals surface area contributed by atoms with Crippen molar-refractivity contribution in [2.24, 2.45) is 5.10 Å². The Morgan fingerprint density at radius 1 is 1.30 bits per heavy atom. The fourth-order valence-corrected chi connectivity index (χ4v) is 2.81. The normalized spacial score (nSPS) is 10.5. The Labute approximate surface area is 161 Å². The molecule has 0 saturated heterocycles. The number of hydrazone groups is 1. The van der Waals surface area contributed by atoms with Crippen LogP contribution in [0.15, 0.2) is 66.3 Å². The molecule has 0 aliphatic heterocycles. The molecule has 0 fully saturated rings. The molecule has 0 radical (unpaired) electrons. The zero-order chi connectivity index (χ0) is 19.5. The van der Waals surface area contributed by atoms with Gasteiger partial charge in [-0.15, -0.1) is 11.8 Å². The maximum Gasteiger partial charge on any atom is 0.269 e. The van der Waals surface area contributed by atoms with Gasteiger partial charge in [-0.05, 0) is 35.4 Å². The molecule has 1 N–H and O–H groups in total. The zero-order valence-electron chi connectivity index (χ0n) is 14.5. The first-order valence-electron chi connectivity index (χ1n) is 8.05. The van der Waals surface area contributed by atoms with Crippen LogP contribution in [0.4, 0.5) is 5.69 Å². The number of nitro groups is 1. The summed E-state index contributed by atoms with van der Waals surface area (Å²) in [5.41, 5.74) is 4.12. The molecule has 0 heterocycles. The van der Waals surface area contributed by atoms with Crippen molar-refractivity contribution in [3.63, 3.8) is 0 Å². The summed E-state index contributed by atoms with van der Waals surface area (Å²) >= 11 is 1.36. The Bertz CT molecular complexity index is 822. The Morgan fingerprint density at radius 2 is 2.07 bits per heavy atom. The first kappa shape index (κ1) is 20.2. The fraction of sp³-hybridized carbons (Fsp3) is 0.158. The van der Waals surface area contributed by atoms with Gasteiger partial charge in [0.25, 0.3) is 5.69 Å². The first-order chi connectivity index (χ1) is 13.1. The van der Waals surface area contributed by atoms with Crippen molar-refractivity contribution < 1.29 is 14.5 Å². The number of nitro benzene ring substituents is 1. The van der Waals surface area contributed by atoms with Crippen molar-refractivity contribution in [1.82, 2.24) is 5.43 Å². The number of benzene rings is 2. The van der Waals surface area contributed by atoms with E-state index in [2.05, 4.69) is 17.1 Å². The molecule has 0 bridgehead atoms. The van der Waals surface area contributed by atoms with Crippen LogP contribution < -0.4 is 10.2 Å². The highest BCUT2D eigenvalue weighted by atomic mass is 32.2. The van der Waals surface area contributed by atoms with Gasteiger partial charge in [0, 0.05) is 17.9 Å². The van der Waals surface area contributed by atoms with Crippen molar-refractivity contribution in [3.05, 3.63) is 82.4 Å². The molecule has 2 aromatic carbocycles. The molecule has 1 amide bonds. The number of non-ortho nitro benzene ring substituents is 1. The van der Waals surface area contributed by atoms with E-state index >= 15 is 0 Å². The van der Waals surface area contributed by atoms with Gasteiger partial charge in [0.2, 0.25) is 5.91 Å². The van der Waals surface area contributed by atoms with Crippen molar-refractivity contribution in [2.45, 2.75) is 5.75 Å². The lowest BCUT2D eigenvalue weighted by atomic mass is 10.2. The summed E-state index contributed by atoms with van der Waals surface area (Å²) < 4.78 is 5.38. The van der Waals surface area contributed by atoms with Gasteiger partial charge in [-0.1, -0.05) is 24.8 Å². The van der Waals surface area contributed by atoms with Crippen molar-refractivity contribution in [3.8, 4) is 5.75 Å². The van der Waals surface area contributed by atoms with Gasteiger partial charge in [-0.2, -0.15) is 5.10 Å². The van der Waals surface area contributed by atoms with Crippen LogP contribution in [0.25, 0.3) is 0 Å². The van der Waals surface area contributed by atoms with E-state index < -0.39 is 4.92 Å². The Morgan fingerprint density at radius 3 is 2.78 bits per heavy atom. The summed E-state index contributed by atoms with van der Waals surface area (Å²) in [6.45, 7) is 4.03. The molecule has 140 valence electrons. The number of carbonyl (C=O) groups is 1. The van der Waals surface area contributed by atoms with E-state index in [1.807, 2.05) is 24.3 Å². The van der Waals surface area contributed by atoms with Gasteiger partial charge in [0.15, 0.2) is 0 Å². The number of carbonyl (C=O) groups excluding carboxylic acids is 1. The molecule has 0 spiro atoms. The second-order valence-electron chi connectivity index (χ2n) is 5.38. The average molecular weight is 385 g/mol. The number of amides is 1. The number of nitrogens with one attached hydrogen (secondary N) is 1. The van der Waals surface area contributed by atoms with E-state index in [4.69, 9.17) is 4.74 Å². The smallest absolute Gasteiger partial charge is 0.269 e. The Hall–Kier alpha value is -3.13. The van der Waals surface area contributed by atoms with Gasteiger partial charge in [0.05, 0.1) is 16.9 Å². The minimum atomic E-state index is -0.437. The van der Waals surface area contributed by atoms with E-state index in [9.17, 15) is 14.9 Å². The predicted molar refractivity (Wildman–Crippen MR) is 107 cm³/mol. The summed E-state index contributed by atoms with van der Waals surface area (Å²) in [5, 5.41) is 14.7. The molecule has 0 unspecified atom stereocenters. The van der Waals surface area contributed by atoms with Crippen LogP contribution in [-0.2, 0) is 10.5 Å². The maximum absolute atomic E-state index is 11.8. The number of hydrogen-bond donors (Lipinski definition) is 1. The molecule has 7 nitrogen and oxygen atoms in total. The summed E-state index contributed by atoms with van der Waals surface area (Å²) in [6, 6.07) is 13.6. The number of ether oxygens (including phenoxy) is 1. The van der Waals surface area contributed by atoms with Crippen LogP contribution in [0.2, 0.25) is 0 Å². The second-order valence-corrected chi connectivity index (χ2v) is 6.37. The number of nitrogens with zero attached hydrogens (tertiary/aromatic N) is 2. The molecule has 2 aromatic rings. The quantitative estimate of drug-likeness (QED) is 0.292. The lowest BCUT2D eigenvalue weighted by Gasteiger charge is -2.03. The number of hydrogen-bond acceptors (Lipinski definition) is 6. The highest BCUT2D eigenvalue weighted by Crippen LogP contribution is 2.17. The molecular formula is C19H19N3O4S. The standard InChI is InChI=1S/C19H19N3O4S/c1-2-10-26-18-8-6-15(7-9-18)12-20-21-19(23)14-27-13-16-4-3-5-17(11-16)22(24)25/h2-9,11-12H,1,10,13-14H2,(H,21,23)/b20-12-. The van der Waals surface area contributed by atoms with Crippen LogP contribution in [0.5, 0.6) is 5.75 Å². The second kappa shape index (κ2) is 10.8. The van der Waals surface area contributed by atoms with E-state index in [0.29, 0.717) is 12.4 Å². The molecule has 2 rings (SSSR count). The highest BCUT2D eigenvalue weighted by molar-refractivity contribution is 7.99. The zero-order valence-corrected chi connectivity index (χ0v) is 15.4. The van der Waals surface area contributed by atoms with E-state index in [1.165, 1.54) is 23.9 Å². The molecule has 27 heavy (non-hydrogen) atoms. The van der Waals surface area contributed by atoms with E-state index in [1.54, 1.807) is 24.4 Å².